The van der Waals surface area contributed by atoms with Gasteiger partial charge in [0.2, 0.25) is 0 Å². The summed E-state index contributed by atoms with van der Waals surface area (Å²) >= 11 is 6.02. The summed E-state index contributed by atoms with van der Waals surface area (Å²) in [6, 6.07) is 6.19. The summed E-state index contributed by atoms with van der Waals surface area (Å²) in [5.74, 6) is 0. The van der Waals surface area contributed by atoms with Crippen LogP contribution in [0.4, 0.5) is 0 Å². The van der Waals surface area contributed by atoms with Crippen LogP contribution < -0.4 is 5.73 Å². The summed E-state index contributed by atoms with van der Waals surface area (Å²) in [5, 5.41) is 5.75. The maximum Gasteiger partial charge on any atom is 0.158 e. The molecule has 0 aliphatic rings. The third kappa shape index (κ3) is 1.85. The number of rotatable bonds is 2. The maximum atomic E-state index is 6.02. The van der Waals surface area contributed by atoms with Crippen LogP contribution in [0.15, 0.2) is 18.2 Å². The Kier molecular flexibility index (Phi) is 2.67. The first-order valence-electron chi connectivity index (χ1n) is 4.95. The van der Waals surface area contributed by atoms with Gasteiger partial charge in [0.15, 0.2) is 5.15 Å². The fourth-order valence-electron chi connectivity index (χ4n) is 1.89. The quantitative estimate of drug-likeness (QED) is 0.848. The van der Waals surface area contributed by atoms with Crippen LogP contribution in [-0.4, -0.2) is 15.8 Å². The van der Waals surface area contributed by atoms with Gasteiger partial charge in [-0.25, -0.2) is 0 Å². The lowest BCUT2D eigenvalue weighted by molar-refractivity contribution is 0.731. The molecule has 0 amide bonds. The van der Waals surface area contributed by atoms with Gasteiger partial charge >= 0.3 is 0 Å². The number of fused-ring (bicyclic) bond motifs is 1. The Morgan fingerprint density at radius 2 is 2.27 bits per heavy atom. The molecule has 0 radical (unpaired) electrons. The molecule has 0 saturated carbocycles. The summed E-state index contributed by atoms with van der Waals surface area (Å²) in [6.07, 6.45) is 0.840. The number of nitrogens with two attached hydrogens (primary N) is 1. The Labute approximate surface area is 93.8 Å². The standard InChI is InChI=1S/C11H14ClN3/c1-7(13)6-8-4-3-5-9-10(8)15(2)14-11(9)12/h3-5,7H,6,13H2,1-2H3. The third-order valence-electron chi connectivity index (χ3n) is 2.45. The van der Waals surface area contributed by atoms with E-state index in [9.17, 15) is 0 Å². The smallest absolute Gasteiger partial charge is 0.158 e. The van der Waals surface area contributed by atoms with Gasteiger partial charge in [0.1, 0.15) is 0 Å². The second-order valence-corrected chi connectivity index (χ2v) is 4.27. The van der Waals surface area contributed by atoms with Crippen LogP contribution in [0.5, 0.6) is 0 Å². The van der Waals surface area contributed by atoms with E-state index < -0.39 is 0 Å². The first-order valence-corrected chi connectivity index (χ1v) is 5.33. The number of benzene rings is 1. The van der Waals surface area contributed by atoms with Crippen molar-refractivity contribution in [3.05, 3.63) is 28.9 Å². The SMILES string of the molecule is CC(N)Cc1cccc2c(Cl)nn(C)c12. The second-order valence-electron chi connectivity index (χ2n) is 3.91. The topological polar surface area (TPSA) is 43.8 Å². The Morgan fingerprint density at radius 1 is 1.53 bits per heavy atom. The zero-order chi connectivity index (χ0) is 11.0. The van der Waals surface area contributed by atoms with Gasteiger partial charge in [0, 0.05) is 18.5 Å². The normalized spacial score (nSPS) is 13.3. The third-order valence-corrected chi connectivity index (χ3v) is 2.72. The minimum Gasteiger partial charge on any atom is -0.328 e. The van der Waals surface area contributed by atoms with E-state index in [0.29, 0.717) is 5.15 Å². The van der Waals surface area contributed by atoms with Crippen LogP contribution in [0, 0.1) is 0 Å². The Morgan fingerprint density at radius 3 is 2.93 bits per heavy atom. The maximum absolute atomic E-state index is 6.02. The van der Waals surface area contributed by atoms with Crippen LogP contribution in [-0.2, 0) is 13.5 Å². The van der Waals surface area contributed by atoms with Crippen LogP contribution in [0.1, 0.15) is 12.5 Å². The molecule has 0 fully saturated rings. The van der Waals surface area contributed by atoms with Crippen molar-refractivity contribution in [2.24, 2.45) is 12.8 Å². The Hall–Kier alpha value is -1.06. The van der Waals surface area contributed by atoms with Gasteiger partial charge in [0.05, 0.1) is 5.52 Å². The average Bonchev–Trinajstić information content (AvgIpc) is 2.43. The molecule has 15 heavy (non-hydrogen) atoms. The van der Waals surface area contributed by atoms with E-state index in [1.807, 2.05) is 30.8 Å². The minimum absolute atomic E-state index is 0.143. The molecule has 80 valence electrons. The number of hydrogen-bond acceptors (Lipinski definition) is 2. The van der Waals surface area contributed by atoms with Gasteiger partial charge in [-0.1, -0.05) is 23.7 Å². The molecule has 2 rings (SSSR count). The van der Waals surface area contributed by atoms with Crippen molar-refractivity contribution in [2.75, 3.05) is 0 Å². The highest BCUT2D eigenvalue weighted by molar-refractivity contribution is 6.34. The van der Waals surface area contributed by atoms with Crippen LogP contribution in [0.3, 0.4) is 0 Å². The summed E-state index contributed by atoms with van der Waals surface area (Å²) in [6.45, 7) is 2.00. The summed E-state index contributed by atoms with van der Waals surface area (Å²) in [4.78, 5) is 0. The molecule has 0 bridgehead atoms. The summed E-state index contributed by atoms with van der Waals surface area (Å²) in [5.41, 5.74) is 8.09. The fraction of sp³-hybridized carbons (Fsp3) is 0.364. The highest BCUT2D eigenvalue weighted by Gasteiger charge is 2.10. The zero-order valence-electron chi connectivity index (χ0n) is 8.87. The molecule has 2 aromatic rings. The molecule has 0 aliphatic carbocycles. The highest BCUT2D eigenvalue weighted by atomic mass is 35.5. The first-order chi connectivity index (χ1) is 7.09. The molecule has 1 aromatic heterocycles. The lowest BCUT2D eigenvalue weighted by Crippen LogP contribution is -2.18. The van der Waals surface area contributed by atoms with Crippen molar-refractivity contribution in [1.82, 2.24) is 9.78 Å². The predicted molar refractivity (Wildman–Crippen MR) is 63.1 cm³/mol. The van der Waals surface area contributed by atoms with Crippen molar-refractivity contribution < 1.29 is 0 Å². The zero-order valence-corrected chi connectivity index (χ0v) is 9.62. The van der Waals surface area contributed by atoms with Crippen molar-refractivity contribution in [3.8, 4) is 0 Å². The molecule has 3 nitrogen and oxygen atoms in total. The van der Waals surface area contributed by atoms with E-state index in [-0.39, 0.29) is 6.04 Å². The van der Waals surface area contributed by atoms with Crippen molar-refractivity contribution in [3.63, 3.8) is 0 Å². The molecule has 1 heterocycles. The molecular weight excluding hydrogens is 210 g/mol. The second kappa shape index (κ2) is 3.83. The molecule has 0 spiro atoms. The lowest BCUT2D eigenvalue weighted by Gasteiger charge is -2.07. The van der Waals surface area contributed by atoms with Crippen molar-refractivity contribution in [1.29, 1.82) is 0 Å². The minimum atomic E-state index is 0.143. The van der Waals surface area contributed by atoms with E-state index in [4.69, 9.17) is 17.3 Å². The number of nitrogens with zero attached hydrogens (tertiary/aromatic N) is 2. The van der Waals surface area contributed by atoms with Gasteiger partial charge in [-0.15, -0.1) is 0 Å². The molecule has 0 aliphatic heterocycles. The summed E-state index contributed by atoms with van der Waals surface area (Å²) in [7, 11) is 1.90. The molecular formula is C11H14ClN3. The van der Waals surface area contributed by atoms with Gasteiger partial charge in [-0.05, 0) is 25.0 Å². The lowest BCUT2D eigenvalue weighted by atomic mass is 10.0. The monoisotopic (exact) mass is 223 g/mol. The van der Waals surface area contributed by atoms with Crippen molar-refractivity contribution >= 4 is 22.5 Å². The Balaban J connectivity index is 2.64. The molecule has 4 heteroatoms. The molecule has 0 saturated heterocycles. The molecule has 1 aromatic carbocycles. The van der Waals surface area contributed by atoms with E-state index in [1.54, 1.807) is 0 Å². The highest BCUT2D eigenvalue weighted by Crippen LogP contribution is 2.25. The van der Waals surface area contributed by atoms with E-state index in [1.165, 1.54) is 5.56 Å². The number of para-hydroxylation sites is 1. The number of halogens is 1. The van der Waals surface area contributed by atoms with E-state index in [0.717, 1.165) is 17.3 Å². The molecule has 1 unspecified atom stereocenters. The largest absolute Gasteiger partial charge is 0.328 e. The average molecular weight is 224 g/mol. The van der Waals surface area contributed by atoms with Gasteiger partial charge < -0.3 is 5.73 Å². The fourth-order valence-corrected chi connectivity index (χ4v) is 2.15. The van der Waals surface area contributed by atoms with E-state index >= 15 is 0 Å². The van der Waals surface area contributed by atoms with Gasteiger partial charge in [-0.2, -0.15) is 5.10 Å². The number of aryl methyl sites for hydroxylation is 1. The predicted octanol–water partition coefficient (Wildman–Crippen LogP) is 2.12. The first kappa shape index (κ1) is 10.5. The van der Waals surface area contributed by atoms with Crippen LogP contribution in [0.2, 0.25) is 5.15 Å². The van der Waals surface area contributed by atoms with E-state index in [2.05, 4.69) is 11.2 Å². The number of aromatic nitrogens is 2. The van der Waals surface area contributed by atoms with Gasteiger partial charge in [-0.3, -0.25) is 4.68 Å². The molecule has 1 atom stereocenters. The van der Waals surface area contributed by atoms with Crippen LogP contribution in [0.25, 0.3) is 10.9 Å². The van der Waals surface area contributed by atoms with Crippen LogP contribution >= 0.6 is 11.6 Å². The molecule has 2 N–H and O–H groups in total. The summed E-state index contributed by atoms with van der Waals surface area (Å²) < 4.78 is 1.81. The Bertz CT molecular complexity index is 488. The number of hydrogen-bond donors (Lipinski definition) is 1. The van der Waals surface area contributed by atoms with Crippen molar-refractivity contribution in [2.45, 2.75) is 19.4 Å². The van der Waals surface area contributed by atoms with Gasteiger partial charge in [0.25, 0.3) is 0 Å².